The summed E-state index contributed by atoms with van der Waals surface area (Å²) in [5, 5.41) is 16.0. The molecule has 1 amide bonds. The number of amides is 1. The number of carbonyl (C=O) groups excluding carboxylic acids is 1. The van der Waals surface area contributed by atoms with Crippen molar-refractivity contribution >= 4 is 11.6 Å². The Kier molecular flexibility index (Phi) is 5.34. The monoisotopic (exact) mass is 405 g/mol. The van der Waals surface area contributed by atoms with Gasteiger partial charge in [-0.3, -0.25) is 18.8 Å². The Morgan fingerprint density at radius 2 is 1.97 bits per heavy atom. The maximum absolute atomic E-state index is 12.7. The molecule has 0 bridgehead atoms. The fourth-order valence-electron chi connectivity index (χ4n) is 3.25. The van der Waals surface area contributed by atoms with Gasteiger partial charge in [0, 0.05) is 18.6 Å². The molecule has 0 atom stereocenters. The zero-order chi connectivity index (χ0) is 21.1. The third-order valence-corrected chi connectivity index (χ3v) is 4.81. The average Bonchev–Trinajstić information content (AvgIpc) is 3.48. The SMILES string of the molecule is COc1cccc(Cn2nc(C)c(NC(=O)c3ccn(Cn4cccn4)n3)c2C)c1. The van der Waals surface area contributed by atoms with Gasteiger partial charge in [-0.15, -0.1) is 0 Å². The molecule has 4 rings (SSSR count). The van der Waals surface area contributed by atoms with Crippen LogP contribution in [0.3, 0.4) is 0 Å². The van der Waals surface area contributed by atoms with Gasteiger partial charge >= 0.3 is 0 Å². The van der Waals surface area contributed by atoms with Gasteiger partial charge in [0.1, 0.15) is 12.4 Å². The number of hydrogen-bond acceptors (Lipinski definition) is 5. The standard InChI is InChI=1S/C21H23N7O2/c1-15-20(16(2)28(24-15)13-17-6-4-7-18(12-17)30-3)23-21(29)19-8-11-27(25-19)14-26-10-5-9-22-26/h4-12H,13-14H2,1-3H3,(H,23,29). The average molecular weight is 405 g/mol. The number of carbonyl (C=O) groups is 1. The number of rotatable bonds is 7. The quantitative estimate of drug-likeness (QED) is 0.510. The minimum Gasteiger partial charge on any atom is -0.497 e. The second-order valence-electron chi connectivity index (χ2n) is 6.94. The molecule has 0 spiro atoms. The van der Waals surface area contributed by atoms with Crippen LogP contribution < -0.4 is 10.1 Å². The summed E-state index contributed by atoms with van der Waals surface area (Å²) >= 11 is 0. The molecule has 3 aromatic heterocycles. The van der Waals surface area contributed by atoms with Crippen molar-refractivity contribution in [3.05, 3.63) is 77.6 Å². The molecule has 0 saturated heterocycles. The van der Waals surface area contributed by atoms with E-state index >= 15 is 0 Å². The largest absolute Gasteiger partial charge is 0.497 e. The Hall–Kier alpha value is -3.88. The zero-order valence-corrected chi connectivity index (χ0v) is 17.1. The van der Waals surface area contributed by atoms with E-state index in [2.05, 4.69) is 20.6 Å². The lowest BCUT2D eigenvalue weighted by atomic mass is 10.2. The lowest BCUT2D eigenvalue weighted by Crippen LogP contribution is -2.16. The first-order chi connectivity index (χ1) is 14.5. The van der Waals surface area contributed by atoms with Crippen molar-refractivity contribution in [1.82, 2.24) is 29.3 Å². The zero-order valence-electron chi connectivity index (χ0n) is 17.1. The second-order valence-corrected chi connectivity index (χ2v) is 6.94. The Morgan fingerprint density at radius 3 is 2.73 bits per heavy atom. The Labute approximate surface area is 173 Å². The number of nitrogens with one attached hydrogen (secondary N) is 1. The van der Waals surface area contributed by atoms with E-state index in [1.807, 2.05) is 55.1 Å². The number of methoxy groups -OCH3 is 1. The molecule has 4 aromatic rings. The fourth-order valence-corrected chi connectivity index (χ4v) is 3.25. The van der Waals surface area contributed by atoms with Gasteiger partial charge < -0.3 is 10.1 Å². The smallest absolute Gasteiger partial charge is 0.276 e. The van der Waals surface area contributed by atoms with Gasteiger partial charge in [0.05, 0.1) is 30.7 Å². The van der Waals surface area contributed by atoms with Crippen LogP contribution in [0.15, 0.2) is 55.0 Å². The molecule has 0 aliphatic carbocycles. The molecule has 0 aliphatic heterocycles. The van der Waals surface area contributed by atoms with Gasteiger partial charge in [-0.2, -0.15) is 15.3 Å². The number of anilines is 1. The topological polar surface area (TPSA) is 91.8 Å². The molecule has 0 unspecified atom stereocenters. The highest BCUT2D eigenvalue weighted by Gasteiger charge is 2.17. The first-order valence-electron chi connectivity index (χ1n) is 9.52. The summed E-state index contributed by atoms with van der Waals surface area (Å²) in [7, 11) is 1.65. The van der Waals surface area contributed by atoms with Crippen molar-refractivity contribution in [2.24, 2.45) is 0 Å². The summed E-state index contributed by atoms with van der Waals surface area (Å²) in [6.45, 7) is 4.84. The molecule has 30 heavy (non-hydrogen) atoms. The first-order valence-corrected chi connectivity index (χ1v) is 9.52. The number of benzene rings is 1. The summed E-state index contributed by atoms with van der Waals surface area (Å²) in [5.41, 5.74) is 3.72. The van der Waals surface area contributed by atoms with E-state index in [4.69, 9.17) is 4.74 Å². The highest BCUT2D eigenvalue weighted by Crippen LogP contribution is 2.22. The summed E-state index contributed by atoms with van der Waals surface area (Å²) in [4.78, 5) is 12.7. The minimum absolute atomic E-state index is 0.277. The van der Waals surface area contributed by atoms with Gasteiger partial charge in [-0.05, 0) is 43.7 Å². The molecule has 0 saturated carbocycles. The Bertz CT molecular complexity index is 1160. The molecule has 1 aromatic carbocycles. The van der Waals surface area contributed by atoms with Crippen LogP contribution in [0.4, 0.5) is 5.69 Å². The van der Waals surface area contributed by atoms with Gasteiger partial charge in [0.2, 0.25) is 0 Å². The summed E-state index contributed by atoms with van der Waals surface area (Å²) in [5.74, 6) is 0.523. The Balaban J connectivity index is 1.48. The highest BCUT2D eigenvalue weighted by atomic mass is 16.5. The predicted molar refractivity (Wildman–Crippen MR) is 112 cm³/mol. The molecule has 3 heterocycles. The molecule has 0 radical (unpaired) electrons. The number of aryl methyl sites for hydroxylation is 1. The van der Waals surface area contributed by atoms with Crippen LogP contribution in [0.1, 0.15) is 27.4 Å². The van der Waals surface area contributed by atoms with Crippen LogP contribution in [-0.2, 0) is 13.2 Å². The molecule has 0 fully saturated rings. The van der Waals surface area contributed by atoms with Crippen LogP contribution in [0, 0.1) is 13.8 Å². The van der Waals surface area contributed by atoms with Crippen LogP contribution in [-0.4, -0.2) is 42.4 Å². The normalized spacial score (nSPS) is 10.9. The van der Waals surface area contributed by atoms with Gasteiger partial charge in [0.25, 0.3) is 5.91 Å². The molecule has 9 nitrogen and oxygen atoms in total. The number of nitrogens with zero attached hydrogens (tertiary/aromatic N) is 6. The lowest BCUT2D eigenvalue weighted by Gasteiger charge is -2.08. The molecule has 0 aliphatic rings. The van der Waals surface area contributed by atoms with E-state index in [-0.39, 0.29) is 5.91 Å². The molecule has 9 heteroatoms. The van der Waals surface area contributed by atoms with E-state index < -0.39 is 0 Å². The van der Waals surface area contributed by atoms with Crippen molar-refractivity contribution in [2.45, 2.75) is 27.1 Å². The maximum atomic E-state index is 12.7. The number of hydrogen-bond donors (Lipinski definition) is 1. The van der Waals surface area contributed by atoms with Crippen LogP contribution in [0.2, 0.25) is 0 Å². The summed E-state index contributed by atoms with van der Waals surface area (Å²) < 4.78 is 10.5. The molecular formula is C21H23N7O2. The third-order valence-electron chi connectivity index (χ3n) is 4.81. The van der Waals surface area contributed by atoms with Crippen LogP contribution >= 0.6 is 0 Å². The first kappa shape index (κ1) is 19.4. The van der Waals surface area contributed by atoms with Crippen molar-refractivity contribution < 1.29 is 9.53 Å². The number of ether oxygens (including phenoxy) is 1. The summed E-state index contributed by atoms with van der Waals surface area (Å²) in [6, 6.07) is 11.4. The van der Waals surface area contributed by atoms with E-state index in [1.54, 1.807) is 34.9 Å². The number of aromatic nitrogens is 6. The van der Waals surface area contributed by atoms with E-state index in [0.29, 0.717) is 24.6 Å². The summed E-state index contributed by atoms with van der Waals surface area (Å²) in [6.07, 6.45) is 5.29. The molecule has 154 valence electrons. The second kappa shape index (κ2) is 8.24. The fraction of sp³-hybridized carbons (Fsp3) is 0.238. The predicted octanol–water partition coefficient (Wildman–Crippen LogP) is 2.71. The lowest BCUT2D eigenvalue weighted by molar-refractivity contribution is 0.102. The molecular weight excluding hydrogens is 382 g/mol. The van der Waals surface area contributed by atoms with Gasteiger partial charge in [-0.25, -0.2) is 0 Å². The maximum Gasteiger partial charge on any atom is 0.276 e. The van der Waals surface area contributed by atoms with Gasteiger partial charge in [-0.1, -0.05) is 12.1 Å². The van der Waals surface area contributed by atoms with Gasteiger partial charge in [0.15, 0.2) is 5.69 Å². The van der Waals surface area contributed by atoms with Crippen molar-refractivity contribution in [1.29, 1.82) is 0 Å². The Morgan fingerprint density at radius 1 is 1.10 bits per heavy atom. The van der Waals surface area contributed by atoms with E-state index in [9.17, 15) is 4.79 Å². The third kappa shape index (κ3) is 4.09. The van der Waals surface area contributed by atoms with Crippen LogP contribution in [0.5, 0.6) is 5.75 Å². The van der Waals surface area contributed by atoms with Crippen molar-refractivity contribution in [3.63, 3.8) is 0 Å². The molecule has 1 N–H and O–H groups in total. The van der Waals surface area contributed by atoms with Crippen LogP contribution in [0.25, 0.3) is 0 Å². The van der Waals surface area contributed by atoms with Crippen molar-refractivity contribution in [2.75, 3.05) is 12.4 Å². The van der Waals surface area contributed by atoms with E-state index in [1.165, 1.54) is 0 Å². The minimum atomic E-state index is -0.277. The van der Waals surface area contributed by atoms with E-state index in [0.717, 1.165) is 22.7 Å². The highest BCUT2D eigenvalue weighted by molar-refractivity contribution is 6.03. The van der Waals surface area contributed by atoms with Crippen molar-refractivity contribution in [3.8, 4) is 5.75 Å².